The molecule has 0 radical (unpaired) electrons. The van der Waals surface area contributed by atoms with Crippen LogP contribution in [0.2, 0.25) is 0 Å². The van der Waals surface area contributed by atoms with Crippen LogP contribution in [-0.2, 0) is 28.6 Å². The van der Waals surface area contributed by atoms with Crippen molar-refractivity contribution in [2.75, 3.05) is 14.2 Å². The van der Waals surface area contributed by atoms with Crippen molar-refractivity contribution >= 4 is 17.7 Å². The number of esters is 2. The fourth-order valence-electron chi connectivity index (χ4n) is 3.23. The zero-order chi connectivity index (χ0) is 13.1. The van der Waals surface area contributed by atoms with Crippen molar-refractivity contribution in [3.63, 3.8) is 0 Å². The van der Waals surface area contributed by atoms with Crippen LogP contribution in [0.1, 0.15) is 6.42 Å². The van der Waals surface area contributed by atoms with Crippen LogP contribution < -0.4 is 0 Å². The number of carbonyl (C=O) groups is 3. The maximum absolute atomic E-state index is 12.2. The van der Waals surface area contributed by atoms with Gasteiger partial charge in [-0.15, -0.1) is 0 Å². The fraction of sp³-hybridized carbons (Fsp3) is 0.583. The Labute approximate surface area is 103 Å². The van der Waals surface area contributed by atoms with E-state index in [1.165, 1.54) is 14.2 Å². The lowest BCUT2D eigenvalue weighted by molar-refractivity contribution is -0.217. The molecule has 0 N–H and O–H groups in total. The largest absolute Gasteiger partial charge is 0.466 e. The summed E-state index contributed by atoms with van der Waals surface area (Å²) in [5, 5.41) is 0. The first-order valence-electron chi connectivity index (χ1n) is 5.67. The van der Waals surface area contributed by atoms with Gasteiger partial charge < -0.3 is 14.2 Å². The third kappa shape index (κ3) is 1.09. The average Bonchev–Trinajstić information content (AvgIpc) is 2.65. The Morgan fingerprint density at radius 2 is 2.17 bits per heavy atom. The molecule has 1 aliphatic heterocycles. The van der Waals surface area contributed by atoms with E-state index in [2.05, 4.69) is 4.74 Å². The number of methoxy groups -OCH3 is 2. The lowest BCUT2D eigenvalue weighted by atomic mass is 9.63. The summed E-state index contributed by atoms with van der Waals surface area (Å²) in [6.07, 6.45) is 1.96. The Bertz CT molecular complexity index is 493. The van der Waals surface area contributed by atoms with Gasteiger partial charge in [-0.1, -0.05) is 6.08 Å². The fourth-order valence-corrected chi connectivity index (χ4v) is 3.23. The van der Waals surface area contributed by atoms with Gasteiger partial charge in [0.15, 0.2) is 0 Å². The predicted molar refractivity (Wildman–Crippen MR) is 56.0 cm³/mol. The Morgan fingerprint density at radius 3 is 2.78 bits per heavy atom. The van der Waals surface area contributed by atoms with Gasteiger partial charge in [0, 0.05) is 18.6 Å². The number of ether oxygens (including phenoxy) is 3. The molecule has 3 aliphatic carbocycles. The molecular formula is C12H12O6. The van der Waals surface area contributed by atoms with E-state index < -0.39 is 35.5 Å². The van der Waals surface area contributed by atoms with Gasteiger partial charge in [-0.2, -0.15) is 0 Å². The van der Waals surface area contributed by atoms with Crippen molar-refractivity contribution in [2.24, 2.45) is 17.8 Å². The highest BCUT2D eigenvalue weighted by Gasteiger charge is 2.70. The quantitative estimate of drug-likeness (QED) is 0.634. The summed E-state index contributed by atoms with van der Waals surface area (Å²) in [4.78, 5) is 35.7. The summed E-state index contributed by atoms with van der Waals surface area (Å²) in [6, 6.07) is 0. The first kappa shape index (κ1) is 11.4. The zero-order valence-corrected chi connectivity index (χ0v) is 9.97. The zero-order valence-electron chi connectivity index (χ0n) is 9.97. The average molecular weight is 252 g/mol. The second-order valence-electron chi connectivity index (χ2n) is 4.70. The van der Waals surface area contributed by atoms with Crippen molar-refractivity contribution < 1.29 is 28.6 Å². The van der Waals surface area contributed by atoms with Crippen molar-refractivity contribution in [3.8, 4) is 0 Å². The monoisotopic (exact) mass is 252 g/mol. The van der Waals surface area contributed by atoms with Gasteiger partial charge >= 0.3 is 11.9 Å². The van der Waals surface area contributed by atoms with E-state index in [9.17, 15) is 14.4 Å². The molecule has 18 heavy (non-hydrogen) atoms. The molecule has 0 aromatic rings. The minimum absolute atomic E-state index is 0.287. The van der Waals surface area contributed by atoms with Gasteiger partial charge in [0.25, 0.3) is 5.79 Å². The lowest BCUT2D eigenvalue weighted by Gasteiger charge is -2.42. The molecule has 0 unspecified atom stereocenters. The van der Waals surface area contributed by atoms with Crippen LogP contribution in [-0.4, -0.2) is 37.7 Å². The minimum atomic E-state index is -1.62. The van der Waals surface area contributed by atoms with Crippen LogP contribution in [0.15, 0.2) is 11.6 Å². The van der Waals surface area contributed by atoms with E-state index in [1.807, 2.05) is 0 Å². The molecule has 6 nitrogen and oxygen atoms in total. The third-order valence-corrected chi connectivity index (χ3v) is 3.99. The normalized spacial score (nSPS) is 40.6. The Hall–Kier alpha value is -1.69. The second kappa shape index (κ2) is 3.41. The number of rotatable bonds is 2. The minimum Gasteiger partial charge on any atom is -0.466 e. The van der Waals surface area contributed by atoms with Crippen molar-refractivity contribution in [1.29, 1.82) is 0 Å². The number of carbonyl (C=O) groups excluding carboxylic acids is 3. The first-order valence-corrected chi connectivity index (χ1v) is 5.67. The summed E-state index contributed by atoms with van der Waals surface area (Å²) in [5.41, 5.74) is 0.311. The SMILES string of the molecule is COC(=O)C1=C[C@@H]2C[C@H]3C(=O)O[C@@](OC)(C2=O)[C@@H]13. The molecule has 2 fully saturated rings. The van der Waals surface area contributed by atoms with Crippen LogP contribution in [0.25, 0.3) is 0 Å². The topological polar surface area (TPSA) is 78.9 Å². The van der Waals surface area contributed by atoms with Gasteiger partial charge in [-0.25, -0.2) is 4.79 Å². The van der Waals surface area contributed by atoms with Crippen LogP contribution in [0, 0.1) is 17.8 Å². The van der Waals surface area contributed by atoms with Crippen molar-refractivity contribution in [1.82, 2.24) is 0 Å². The van der Waals surface area contributed by atoms with E-state index >= 15 is 0 Å². The second-order valence-corrected chi connectivity index (χ2v) is 4.70. The van der Waals surface area contributed by atoms with Gasteiger partial charge in [-0.05, 0) is 6.42 Å². The summed E-state index contributed by atoms with van der Waals surface area (Å²) in [6.45, 7) is 0. The van der Waals surface area contributed by atoms with Crippen LogP contribution >= 0.6 is 0 Å². The molecule has 4 atom stereocenters. The highest BCUT2D eigenvalue weighted by Crippen LogP contribution is 2.55. The molecule has 0 amide bonds. The van der Waals surface area contributed by atoms with E-state index in [0.29, 0.717) is 12.0 Å². The maximum atomic E-state index is 12.2. The van der Waals surface area contributed by atoms with Gasteiger partial charge in [-0.3, -0.25) is 9.59 Å². The van der Waals surface area contributed by atoms with Crippen molar-refractivity contribution in [2.45, 2.75) is 12.2 Å². The lowest BCUT2D eigenvalue weighted by Crippen LogP contribution is -2.57. The molecule has 1 saturated carbocycles. The number of ketones is 1. The molecule has 4 aliphatic rings. The molecule has 0 aromatic carbocycles. The molecule has 1 saturated heterocycles. The molecule has 0 spiro atoms. The molecule has 6 heteroatoms. The van der Waals surface area contributed by atoms with Crippen LogP contribution in [0.3, 0.4) is 0 Å². The first-order chi connectivity index (χ1) is 8.55. The van der Waals surface area contributed by atoms with Gasteiger partial charge in [0.1, 0.15) is 0 Å². The van der Waals surface area contributed by atoms with Crippen LogP contribution in [0.5, 0.6) is 0 Å². The Balaban J connectivity index is 2.15. The Morgan fingerprint density at radius 1 is 1.44 bits per heavy atom. The number of Topliss-reactive ketones (excluding diaryl/α,β-unsaturated/α-hetero) is 1. The number of hydrogen-bond donors (Lipinski definition) is 0. The number of allylic oxidation sites excluding steroid dienone is 1. The van der Waals surface area contributed by atoms with E-state index in [-0.39, 0.29) is 5.78 Å². The smallest absolute Gasteiger partial charge is 0.334 e. The maximum Gasteiger partial charge on any atom is 0.334 e. The van der Waals surface area contributed by atoms with Crippen molar-refractivity contribution in [3.05, 3.63) is 11.6 Å². The predicted octanol–water partition coefficient (Wildman–Crippen LogP) is -0.180. The van der Waals surface area contributed by atoms with Crippen LogP contribution in [0.4, 0.5) is 0 Å². The molecule has 1 heterocycles. The molecule has 4 rings (SSSR count). The summed E-state index contributed by atoms with van der Waals surface area (Å²) in [7, 11) is 2.57. The molecule has 4 bridgehead atoms. The Kier molecular flexibility index (Phi) is 2.16. The van der Waals surface area contributed by atoms with E-state index in [0.717, 1.165) is 0 Å². The van der Waals surface area contributed by atoms with Gasteiger partial charge in [0.2, 0.25) is 5.78 Å². The molecule has 96 valence electrons. The van der Waals surface area contributed by atoms with Gasteiger partial charge in [0.05, 0.1) is 18.9 Å². The van der Waals surface area contributed by atoms with E-state index in [1.54, 1.807) is 6.08 Å². The third-order valence-electron chi connectivity index (χ3n) is 3.99. The van der Waals surface area contributed by atoms with E-state index in [4.69, 9.17) is 9.47 Å². The standard InChI is InChI=1S/C12H12O6/c1-16-10(14)6-3-5-4-7-8(6)12(17-2,9(5)13)18-11(7)15/h3,5,7-8H,4H2,1-2H3/t5-,7-,8+,12-/m1/s1. The summed E-state index contributed by atoms with van der Waals surface area (Å²) < 4.78 is 15.0. The molecule has 0 aromatic heterocycles. The summed E-state index contributed by atoms with van der Waals surface area (Å²) in [5.74, 6) is -4.62. The summed E-state index contributed by atoms with van der Waals surface area (Å²) >= 11 is 0. The highest BCUT2D eigenvalue weighted by molar-refractivity contribution is 6.04. The highest BCUT2D eigenvalue weighted by atomic mass is 16.7. The molecular weight excluding hydrogens is 240 g/mol. The number of hydrogen-bond acceptors (Lipinski definition) is 6.